The fraction of sp³-hybridized carbons (Fsp3) is 0.176. The maximum Gasteiger partial charge on any atom is 0.139 e. The molecule has 0 fully saturated rings. The Labute approximate surface area is 143 Å². The summed E-state index contributed by atoms with van der Waals surface area (Å²) in [4.78, 5) is 3.85. The molecule has 0 saturated heterocycles. The quantitative estimate of drug-likeness (QED) is 0.744. The Bertz CT molecular complexity index is 794. The summed E-state index contributed by atoms with van der Waals surface area (Å²) in [5, 5.41) is 26.5. The van der Waals surface area contributed by atoms with Crippen LogP contribution in [-0.4, -0.2) is 25.0 Å². The van der Waals surface area contributed by atoms with E-state index in [9.17, 15) is 14.6 Å². The highest BCUT2D eigenvalue weighted by Crippen LogP contribution is 2.37. The van der Waals surface area contributed by atoms with Crippen molar-refractivity contribution in [2.75, 3.05) is 0 Å². The average molecular weight is 348 g/mol. The molecule has 7 heteroatoms. The zero-order valence-electron chi connectivity index (χ0n) is 12.5. The lowest BCUT2D eigenvalue weighted by molar-refractivity contribution is -0.0965. The van der Waals surface area contributed by atoms with E-state index in [1.54, 1.807) is 24.3 Å². The van der Waals surface area contributed by atoms with E-state index < -0.39 is 17.5 Å². The topological polar surface area (TPSA) is 71.2 Å². The molecule has 5 nitrogen and oxygen atoms in total. The SMILES string of the molecule is O[C@@H](c1ccc(F)cc1)[C@](O)(Cn1cncn1)c1ccc(Cl)cc1. The molecule has 0 aliphatic rings. The molecule has 1 heterocycles. The highest BCUT2D eigenvalue weighted by Gasteiger charge is 2.39. The van der Waals surface area contributed by atoms with E-state index >= 15 is 0 Å². The highest BCUT2D eigenvalue weighted by molar-refractivity contribution is 6.30. The van der Waals surface area contributed by atoms with Crippen molar-refractivity contribution in [2.45, 2.75) is 18.2 Å². The molecule has 0 bridgehead atoms. The van der Waals surface area contributed by atoms with Crippen LogP contribution in [0.25, 0.3) is 0 Å². The minimum absolute atomic E-state index is 0.0345. The van der Waals surface area contributed by atoms with Gasteiger partial charge < -0.3 is 10.2 Å². The normalized spacial score (nSPS) is 15.0. The van der Waals surface area contributed by atoms with Gasteiger partial charge in [0.05, 0.1) is 6.54 Å². The summed E-state index contributed by atoms with van der Waals surface area (Å²) in [6.07, 6.45) is 1.48. The summed E-state index contributed by atoms with van der Waals surface area (Å²) < 4.78 is 14.6. The molecule has 0 aliphatic carbocycles. The van der Waals surface area contributed by atoms with Crippen molar-refractivity contribution in [3.05, 3.63) is 83.2 Å². The molecule has 124 valence electrons. The average Bonchev–Trinajstić information content (AvgIpc) is 3.08. The van der Waals surface area contributed by atoms with Gasteiger partial charge in [-0.1, -0.05) is 35.9 Å². The summed E-state index contributed by atoms with van der Waals surface area (Å²) in [5.74, 6) is -0.419. The maximum atomic E-state index is 13.1. The van der Waals surface area contributed by atoms with Crippen LogP contribution in [0.1, 0.15) is 17.2 Å². The van der Waals surface area contributed by atoms with Crippen molar-refractivity contribution in [1.82, 2.24) is 14.8 Å². The molecule has 2 N–H and O–H groups in total. The highest BCUT2D eigenvalue weighted by atomic mass is 35.5. The van der Waals surface area contributed by atoms with Crippen LogP contribution in [-0.2, 0) is 12.1 Å². The number of halogens is 2. The summed E-state index contributed by atoms with van der Waals surface area (Å²) in [6.45, 7) is -0.0345. The third kappa shape index (κ3) is 3.31. The number of hydrogen-bond acceptors (Lipinski definition) is 4. The van der Waals surface area contributed by atoms with Crippen molar-refractivity contribution < 1.29 is 14.6 Å². The number of aliphatic hydroxyl groups is 2. The number of aliphatic hydroxyl groups excluding tert-OH is 1. The summed E-state index contributed by atoms with van der Waals surface area (Å²) in [7, 11) is 0. The van der Waals surface area contributed by atoms with E-state index in [1.807, 2.05) is 0 Å². The predicted octanol–water partition coefficient (Wildman–Crippen LogP) is 2.69. The van der Waals surface area contributed by atoms with Crippen molar-refractivity contribution in [3.8, 4) is 0 Å². The molecule has 0 aliphatic heterocycles. The van der Waals surface area contributed by atoms with Crippen molar-refractivity contribution >= 4 is 11.6 Å². The molecular formula is C17H15ClFN3O2. The summed E-state index contributed by atoms with van der Waals surface area (Å²) >= 11 is 5.91. The Kier molecular flexibility index (Phi) is 4.62. The summed E-state index contributed by atoms with van der Waals surface area (Å²) in [6, 6.07) is 11.8. The first-order chi connectivity index (χ1) is 11.5. The standard InChI is InChI=1S/C17H15ClFN3O2/c18-14-5-3-13(4-6-14)17(24,9-22-11-20-10-21-22)16(23)12-1-7-15(19)8-2-12/h1-8,10-11,16,23-24H,9H2/t16-,17-/m0/s1. The Hall–Kier alpha value is -2.28. The number of rotatable bonds is 5. The van der Waals surface area contributed by atoms with Crippen molar-refractivity contribution in [3.63, 3.8) is 0 Å². The van der Waals surface area contributed by atoms with Crippen molar-refractivity contribution in [2.24, 2.45) is 0 Å². The molecule has 3 rings (SSSR count). The molecule has 0 radical (unpaired) electrons. The molecule has 0 saturated carbocycles. The maximum absolute atomic E-state index is 13.1. The second kappa shape index (κ2) is 6.68. The smallest absolute Gasteiger partial charge is 0.139 e. The van der Waals surface area contributed by atoms with Gasteiger partial charge in [0.15, 0.2) is 0 Å². The monoisotopic (exact) mass is 347 g/mol. The number of nitrogens with zero attached hydrogens (tertiary/aromatic N) is 3. The molecule has 0 spiro atoms. The van der Waals surface area contributed by atoms with Crippen LogP contribution in [0, 0.1) is 5.82 Å². The molecule has 0 unspecified atom stereocenters. The second-order valence-corrected chi connectivity index (χ2v) is 5.91. The molecule has 2 atom stereocenters. The lowest BCUT2D eigenvalue weighted by atomic mass is 9.84. The first-order valence-electron chi connectivity index (χ1n) is 7.23. The van der Waals surface area contributed by atoms with E-state index in [0.29, 0.717) is 16.1 Å². The van der Waals surface area contributed by atoms with E-state index in [0.717, 1.165) is 0 Å². The van der Waals surface area contributed by atoms with E-state index in [1.165, 1.54) is 41.6 Å². The molecule has 2 aromatic carbocycles. The minimum atomic E-state index is -1.70. The Morgan fingerprint density at radius 3 is 2.38 bits per heavy atom. The number of aromatic nitrogens is 3. The minimum Gasteiger partial charge on any atom is -0.385 e. The largest absolute Gasteiger partial charge is 0.385 e. The lowest BCUT2D eigenvalue weighted by Crippen LogP contribution is -2.38. The fourth-order valence-electron chi connectivity index (χ4n) is 2.56. The first-order valence-corrected chi connectivity index (χ1v) is 7.61. The van der Waals surface area contributed by atoms with Crippen LogP contribution in [0.5, 0.6) is 0 Å². The van der Waals surface area contributed by atoms with Gasteiger partial charge in [-0.2, -0.15) is 5.10 Å². The van der Waals surface area contributed by atoms with E-state index in [-0.39, 0.29) is 6.54 Å². The van der Waals surface area contributed by atoms with Gasteiger partial charge in [0, 0.05) is 5.02 Å². The Morgan fingerprint density at radius 2 is 1.79 bits per heavy atom. The van der Waals surface area contributed by atoms with Crippen LogP contribution in [0.15, 0.2) is 61.2 Å². The Balaban J connectivity index is 2.03. The van der Waals surface area contributed by atoms with Gasteiger partial charge >= 0.3 is 0 Å². The summed E-state index contributed by atoms with van der Waals surface area (Å²) in [5.41, 5.74) is -0.857. The zero-order valence-corrected chi connectivity index (χ0v) is 13.3. The van der Waals surface area contributed by atoms with Crippen LogP contribution >= 0.6 is 11.6 Å². The zero-order chi connectivity index (χ0) is 17.2. The van der Waals surface area contributed by atoms with Crippen LogP contribution in [0.2, 0.25) is 5.02 Å². The van der Waals surface area contributed by atoms with Gasteiger partial charge in [-0.05, 0) is 35.4 Å². The van der Waals surface area contributed by atoms with E-state index in [2.05, 4.69) is 10.1 Å². The van der Waals surface area contributed by atoms with E-state index in [4.69, 9.17) is 11.6 Å². The second-order valence-electron chi connectivity index (χ2n) is 5.48. The van der Waals surface area contributed by atoms with Crippen LogP contribution in [0.4, 0.5) is 4.39 Å². The molecule has 1 aromatic heterocycles. The molecule has 0 amide bonds. The third-order valence-corrected chi connectivity index (χ3v) is 4.10. The van der Waals surface area contributed by atoms with Gasteiger partial charge in [-0.15, -0.1) is 0 Å². The predicted molar refractivity (Wildman–Crippen MR) is 86.7 cm³/mol. The van der Waals surface area contributed by atoms with Gasteiger partial charge in [0.2, 0.25) is 0 Å². The third-order valence-electron chi connectivity index (χ3n) is 3.85. The Morgan fingerprint density at radius 1 is 1.12 bits per heavy atom. The first kappa shape index (κ1) is 16.6. The van der Waals surface area contributed by atoms with Gasteiger partial charge in [-0.3, -0.25) is 0 Å². The molecular weight excluding hydrogens is 333 g/mol. The molecule has 24 heavy (non-hydrogen) atoms. The number of benzene rings is 2. The lowest BCUT2D eigenvalue weighted by Gasteiger charge is -2.33. The van der Waals surface area contributed by atoms with Crippen LogP contribution < -0.4 is 0 Å². The van der Waals surface area contributed by atoms with Crippen molar-refractivity contribution in [1.29, 1.82) is 0 Å². The van der Waals surface area contributed by atoms with Gasteiger partial charge in [-0.25, -0.2) is 14.1 Å². The van der Waals surface area contributed by atoms with Crippen LogP contribution in [0.3, 0.4) is 0 Å². The molecule has 3 aromatic rings. The number of hydrogen-bond donors (Lipinski definition) is 2. The van der Waals surface area contributed by atoms with Gasteiger partial charge in [0.25, 0.3) is 0 Å². The fourth-order valence-corrected chi connectivity index (χ4v) is 2.68. The van der Waals surface area contributed by atoms with Gasteiger partial charge in [0.1, 0.15) is 30.2 Å².